The lowest BCUT2D eigenvalue weighted by Crippen LogP contribution is -2.04. The highest BCUT2D eigenvalue weighted by Gasteiger charge is 2.00. The third kappa shape index (κ3) is 2.35. The Labute approximate surface area is 88.2 Å². The maximum atomic E-state index is 5.43. The van der Waals surface area contributed by atoms with E-state index >= 15 is 0 Å². The first-order valence-corrected chi connectivity index (χ1v) is 4.82. The van der Waals surface area contributed by atoms with E-state index in [0.717, 1.165) is 23.5 Å². The van der Waals surface area contributed by atoms with E-state index in [-0.39, 0.29) is 0 Å². The van der Waals surface area contributed by atoms with E-state index in [0.29, 0.717) is 6.54 Å². The second kappa shape index (κ2) is 4.61. The highest BCUT2D eigenvalue weighted by atomic mass is 14.8. The van der Waals surface area contributed by atoms with Crippen LogP contribution in [0.1, 0.15) is 5.69 Å². The normalized spacial score (nSPS) is 10.2. The van der Waals surface area contributed by atoms with Gasteiger partial charge in [-0.3, -0.25) is 15.0 Å². The van der Waals surface area contributed by atoms with Crippen LogP contribution in [0, 0.1) is 0 Å². The van der Waals surface area contributed by atoms with Crippen LogP contribution >= 0.6 is 0 Å². The molecule has 2 N–H and O–H groups in total. The summed E-state index contributed by atoms with van der Waals surface area (Å²) in [6.45, 7) is 0.595. The molecule has 0 aromatic carbocycles. The van der Waals surface area contributed by atoms with Crippen molar-refractivity contribution in [3.8, 4) is 11.4 Å². The van der Waals surface area contributed by atoms with Gasteiger partial charge in [-0.05, 0) is 18.7 Å². The average Bonchev–Trinajstić information content (AvgIpc) is 2.32. The summed E-state index contributed by atoms with van der Waals surface area (Å²) in [4.78, 5) is 12.7. The summed E-state index contributed by atoms with van der Waals surface area (Å²) in [6.07, 6.45) is 5.98. The van der Waals surface area contributed by atoms with Crippen LogP contribution in [0.15, 0.2) is 36.8 Å². The van der Waals surface area contributed by atoms with Gasteiger partial charge in [0.25, 0.3) is 0 Å². The van der Waals surface area contributed by atoms with Gasteiger partial charge in [0.2, 0.25) is 0 Å². The monoisotopic (exact) mass is 200 g/mol. The molecule has 0 unspecified atom stereocenters. The first-order chi connectivity index (χ1) is 7.40. The zero-order valence-electron chi connectivity index (χ0n) is 8.30. The van der Waals surface area contributed by atoms with E-state index in [1.807, 2.05) is 18.2 Å². The molecule has 15 heavy (non-hydrogen) atoms. The minimum absolute atomic E-state index is 0.595. The molecule has 2 aromatic heterocycles. The molecule has 0 fully saturated rings. The van der Waals surface area contributed by atoms with E-state index in [4.69, 9.17) is 5.73 Å². The van der Waals surface area contributed by atoms with Crippen LogP contribution < -0.4 is 5.73 Å². The zero-order valence-corrected chi connectivity index (χ0v) is 8.30. The van der Waals surface area contributed by atoms with E-state index in [1.165, 1.54) is 0 Å². The Morgan fingerprint density at radius 3 is 2.53 bits per heavy atom. The van der Waals surface area contributed by atoms with Gasteiger partial charge in [0.1, 0.15) is 5.69 Å². The smallest absolute Gasteiger partial charge is 0.107 e. The molecule has 0 saturated heterocycles. The van der Waals surface area contributed by atoms with Crippen molar-refractivity contribution in [3.63, 3.8) is 0 Å². The third-order valence-corrected chi connectivity index (χ3v) is 2.03. The van der Waals surface area contributed by atoms with Crippen molar-refractivity contribution < 1.29 is 0 Å². The van der Waals surface area contributed by atoms with Crippen molar-refractivity contribution in [2.24, 2.45) is 5.73 Å². The summed E-state index contributed by atoms with van der Waals surface area (Å²) in [7, 11) is 0. The summed E-state index contributed by atoms with van der Waals surface area (Å²) in [5.74, 6) is 0. The Balaban J connectivity index is 2.24. The molecule has 0 aliphatic rings. The molecule has 0 saturated carbocycles. The van der Waals surface area contributed by atoms with Crippen molar-refractivity contribution in [1.29, 1.82) is 0 Å². The number of hydrogen-bond acceptors (Lipinski definition) is 4. The predicted molar refractivity (Wildman–Crippen MR) is 58.0 cm³/mol. The molecule has 4 heteroatoms. The van der Waals surface area contributed by atoms with Crippen molar-refractivity contribution in [2.75, 3.05) is 6.54 Å². The van der Waals surface area contributed by atoms with Crippen LogP contribution in [0.25, 0.3) is 11.4 Å². The maximum absolute atomic E-state index is 5.43. The lowest BCUT2D eigenvalue weighted by atomic mass is 10.2. The minimum atomic E-state index is 0.595. The highest BCUT2D eigenvalue weighted by Crippen LogP contribution is 2.11. The van der Waals surface area contributed by atoms with Crippen molar-refractivity contribution >= 4 is 0 Å². The Morgan fingerprint density at radius 2 is 1.93 bits per heavy atom. The quantitative estimate of drug-likeness (QED) is 0.804. The van der Waals surface area contributed by atoms with Crippen molar-refractivity contribution in [3.05, 3.63) is 42.5 Å². The predicted octanol–water partition coefficient (Wildman–Crippen LogP) is 1.04. The average molecular weight is 200 g/mol. The van der Waals surface area contributed by atoms with Crippen LogP contribution in [0.3, 0.4) is 0 Å². The first-order valence-electron chi connectivity index (χ1n) is 4.82. The lowest BCUT2D eigenvalue weighted by molar-refractivity contribution is 0.908. The number of nitrogens with zero attached hydrogens (tertiary/aromatic N) is 3. The molecule has 0 atom stereocenters. The Bertz CT molecular complexity index is 410. The molecule has 76 valence electrons. The number of pyridine rings is 1. The van der Waals surface area contributed by atoms with Gasteiger partial charge in [0.05, 0.1) is 17.6 Å². The highest BCUT2D eigenvalue weighted by molar-refractivity contribution is 5.51. The SMILES string of the molecule is NCCc1cnc(-c2ccccn2)cn1. The van der Waals surface area contributed by atoms with Crippen LogP contribution in [-0.2, 0) is 6.42 Å². The summed E-state index contributed by atoms with van der Waals surface area (Å²) in [5, 5.41) is 0. The standard InChI is InChI=1S/C11H12N4/c12-5-4-9-7-15-11(8-14-9)10-3-1-2-6-13-10/h1-3,6-8H,4-5,12H2. The van der Waals surface area contributed by atoms with Crippen molar-refractivity contribution in [1.82, 2.24) is 15.0 Å². The first kappa shape index (κ1) is 9.73. The second-order valence-corrected chi connectivity index (χ2v) is 3.15. The Kier molecular flexibility index (Phi) is 2.99. The molecule has 0 spiro atoms. The molecular weight excluding hydrogens is 188 g/mol. The molecule has 2 aromatic rings. The molecule has 2 rings (SSSR count). The number of nitrogens with two attached hydrogens (primary N) is 1. The van der Waals surface area contributed by atoms with E-state index in [1.54, 1.807) is 18.6 Å². The van der Waals surface area contributed by atoms with E-state index < -0.39 is 0 Å². The van der Waals surface area contributed by atoms with Gasteiger partial charge in [-0.25, -0.2) is 0 Å². The van der Waals surface area contributed by atoms with Gasteiger partial charge in [0, 0.05) is 18.8 Å². The molecule has 0 aliphatic heterocycles. The van der Waals surface area contributed by atoms with Gasteiger partial charge in [-0.2, -0.15) is 0 Å². The fourth-order valence-electron chi connectivity index (χ4n) is 1.28. The maximum Gasteiger partial charge on any atom is 0.107 e. The van der Waals surface area contributed by atoms with E-state index in [2.05, 4.69) is 15.0 Å². The lowest BCUT2D eigenvalue weighted by Gasteiger charge is -2.00. The van der Waals surface area contributed by atoms with E-state index in [9.17, 15) is 0 Å². The fraction of sp³-hybridized carbons (Fsp3) is 0.182. The van der Waals surface area contributed by atoms with Crippen LogP contribution in [0.5, 0.6) is 0 Å². The largest absolute Gasteiger partial charge is 0.330 e. The minimum Gasteiger partial charge on any atom is -0.330 e. The molecule has 4 nitrogen and oxygen atoms in total. The summed E-state index contributed by atoms with van der Waals surface area (Å²) >= 11 is 0. The summed E-state index contributed by atoms with van der Waals surface area (Å²) in [5.41, 5.74) is 7.97. The zero-order chi connectivity index (χ0) is 10.5. The summed E-state index contributed by atoms with van der Waals surface area (Å²) in [6, 6.07) is 5.71. The topological polar surface area (TPSA) is 64.7 Å². The Morgan fingerprint density at radius 1 is 1.00 bits per heavy atom. The fourth-order valence-corrected chi connectivity index (χ4v) is 1.28. The molecule has 0 aliphatic carbocycles. The molecule has 2 heterocycles. The Hall–Kier alpha value is -1.81. The van der Waals surface area contributed by atoms with Crippen LogP contribution in [0.4, 0.5) is 0 Å². The van der Waals surface area contributed by atoms with Crippen molar-refractivity contribution in [2.45, 2.75) is 6.42 Å². The molecule has 0 bridgehead atoms. The van der Waals surface area contributed by atoms with Gasteiger partial charge >= 0.3 is 0 Å². The molecule has 0 amide bonds. The number of aromatic nitrogens is 3. The second-order valence-electron chi connectivity index (χ2n) is 3.15. The van der Waals surface area contributed by atoms with Gasteiger partial charge < -0.3 is 5.73 Å². The van der Waals surface area contributed by atoms with Gasteiger partial charge in [-0.1, -0.05) is 6.07 Å². The molecular formula is C11H12N4. The van der Waals surface area contributed by atoms with Gasteiger partial charge in [-0.15, -0.1) is 0 Å². The summed E-state index contributed by atoms with van der Waals surface area (Å²) < 4.78 is 0. The van der Waals surface area contributed by atoms with Gasteiger partial charge in [0.15, 0.2) is 0 Å². The number of rotatable bonds is 3. The van der Waals surface area contributed by atoms with Crippen LogP contribution in [-0.4, -0.2) is 21.5 Å². The molecule has 0 radical (unpaired) electrons. The number of hydrogen-bond donors (Lipinski definition) is 1. The third-order valence-electron chi connectivity index (χ3n) is 2.03. The van der Waals surface area contributed by atoms with Crippen LogP contribution in [0.2, 0.25) is 0 Å².